The second-order valence-corrected chi connectivity index (χ2v) is 6.22. The van der Waals surface area contributed by atoms with Gasteiger partial charge in [0.05, 0.1) is 6.61 Å². The predicted octanol–water partition coefficient (Wildman–Crippen LogP) is 0.869. The Kier molecular flexibility index (Phi) is 3.57. The smallest absolute Gasteiger partial charge is 0.252 e. The molecule has 2 saturated carbocycles. The first-order chi connectivity index (χ1) is 8.74. The summed E-state index contributed by atoms with van der Waals surface area (Å²) in [6.07, 6.45) is 5.30. The maximum atomic E-state index is 12.3. The van der Waals surface area contributed by atoms with Gasteiger partial charge < -0.3 is 15.0 Å². The number of morpholine rings is 1. The molecule has 2 bridgehead atoms. The van der Waals surface area contributed by atoms with Crippen LogP contribution in [0.2, 0.25) is 0 Å². The number of carbonyl (C=O) groups excluding carboxylic acids is 1. The molecule has 4 atom stereocenters. The van der Waals surface area contributed by atoms with Gasteiger partial charge in [0.15, 0.2) is 0 Å². The summed E-state index contributed by atoms with van der Waals surface area (Å²) in [6, 6.07) is 0. The molecule has 0 aromatic rings. The Morgan fingerprint density at radius 2 is 2.28 bits per heavy atom. The molecule has 0 radical (unpaired) electrons. The number of likely N-dealkylation sites (N-methyl/N-ethyl adjacent to an activating group) is 1. The van der Waals surface area contributed by atoms with Crippen LogP contribution in [0.4, 0.5) is 0 Å². The largest absolute Gasteiger partial charge is 0.366 e. The third-order valence-corrected chi connectivity index (χ3v) is 4.97. The van der Waals surface area contributed by atoms with Crippen LogP contribution in [-0.2, 0) is 9.53 Å². The van der Waals surface area contributed by atoms with Crippen molar-refractivity contribution in [3.63, 3.8) is 0 Å². The van der Waals surface area contributed by atoms with Gasteiger partial charge in [-0.3, -0.25) is 4.79 Å². The number of amides is 1. The van der Waals surface area contributed by atoms with Crippen LogP contribution >= 0.6 is 0 Å². The molecule has 3 aliphatic rings. The summed E-state index contributed by atoms with van der Waals surface area (Å²) in [4.78, 5) is 14.2. The first-order valence-corrected chi connectivity index (χ1v) is 7.31. The van der Waals surface area contributed by atoms with Crippen LogP contribution in [-0.4, -0.2) is 50.2 Å². The summed E-state index contributed by atoms with van der Waals surface area (Å²) in [5, 5.41) is 3.22. The van der Waals surface area contributed by atoms with Crippen molar-refractivity contribution < 1.29 is 9.53 Å². The lowest BCUT2D eigenvalue weighted by atomic mass is 9.88. The van der Waals surface area contributed by atoms with Crippen molar-refractivity contribution in [3.05, 3.63) is 0 Å². The number of hydrogen-bond donors (Lipinski definition) is 1. The maximum absolute atomic E-state index is 12.3. The molecule has 102 valence electrons. The molecule has 1 heterocycles. The van der Waals surface area contributed by atoms with E-state index in [0.29, 0.717) is 13.2 Å². The van der Waals surface area contributed by atoms with E-state index in [1.54, 1.807) is 0 Å². The average Bonchev–Trinajstić information content (AvgIpc) is 3.01. The van der Waals surface area contributed by atoms with Gasteiger partial charge in [0, 0.05) is 26.7 Å². The number of ether oxygens (including phenoxy) is 1. The summed E-state index contributed by atoms with van der Waals surface area (Å²) in [7, 11) is 1.94. The Labute approximate surface area is 109 Å². The number of fused-ring (bicyclic) bond motifs is 2. The molecule has 0 aromatic heterocycles. The Balaban J connectivity index is 1.51. The Bertz CT molecular complexity index is 315. The minimum absolute atomic E-state index is 0.157. The normalized spacial score (nSPS) is 38.9. The van der Waals surface area contributed by atoms with Crippen LogP contribution in [0.5, 0.6) is 0 Å². The van der Waals surface area contributed by atoms with E-state index < -0.39 is 0 Å². The molecule has 3 rings (SSSR count). The van der Waals surface area contributed by atoms with E-state index in [1.165, 1.54) is 25.7 Å². The Morgan fingerprint density at radius 1 is 1.39 bits per heavy atom. The van der Waals surface area contributed by atoms with Crippen LogP contribution in [0.15, 0.2) is 0 Å². The molecular weight excluding hydrogens is 228 g/mol. The van der Waals surface area contributed by atoms with Gasteiger partial charge in [-0.25, -0.2) is 0 Å². The standard InChI is InChI=1S/C14H24N2O2/c1-16(14(17)13-8-15-4-5-18-13)9-12-7-10-2-3-11(12)6-10/h10-13,15H,2-9H2,1H3. The van der Waals surface area contributed by atoms with Crippen molar-refractivity contribution in [2.24, 2.45) is 17.8 Å². The first kappa shape index (κ1) is 12.4. The molecule has 0 aromatic carbocycles. The highest BCUT2D eigenvalue weighted by Crippen LogP contribution is 2.48. The molecule has 1 N–H and O–H groups in total. The van der Waals surface area contributed by atoms with Crippen LogP contribution in [0.25, 0.3) is 0 Å². The molecular formula is C14H24N2O2. The summed E-state index contributed by atoms with van der Waals surface area (Å²) in [5.74, 6) is 2.74. The molecule has 18 heavy (non-hydrogen) atoms. The van der Waals surface area contributed by atoms with Gasteiger partial charge in [-0.15, -0.1) is 0 Å². The highest BCUT2D eigenvalue weighted by Gasteiger charge is 2.40. The number of hydrogen-bond acceptors (Lipinski definition) is 3. The topological polar surface area (TPSA) is 41.6 Å². The van der Waals surface area contributed by atoms with E-state index in [4.69, 9.17) is 4.74 Å². The second kappa shape index (κ2) is 5.17. The first-order valence-electron chi connectivity index (χ1n) is 7.31. The molecule has 1 saturated heterocycles. The van der Waals surface area contributed by atoms with E-state index in [9.17, 15) is 4.79 Å². The number of nitrogens with one attached hydrogen (secondary N) is 1. The van der Waals surface area contributed by atoms with Crippen LogP contribution in [0.3, 0.4) is 0 Å². The lowest BCUT2D eigenvalue weighted by molar-refractivity contribution is -0.144. The van der Waals surface area contributed by atoms with E-state index in [-0.39, 0.29) is 12.0 Å². The zero-order valence-electron chi connectivity index (χ0n) is 11.2. The molecule has 1 amide bonds. The number of rotatable bonds is 3. The van der Waals surface area contributed by atoms with Crippen molar-refractivity contribution in [1.82, 2.24) is 10.2 Å². The molecule has 4 unspecified atom stereocenters. The van der Waals surface area contributed by atoms with Gasteiger partial charge in [-0.05, 0) is 37.0 Å². The van der Waals surface area contributed by atoms with E-state index >= 15 is 0 Å². The third-order valence-electron chi connectivity index (χ3n) is 4.97. The average molecular weight is 252 g/mol. The third kappa shape index (κ3) is 2.41. The Morgan fingerprint density at radius 3 is 2.89 bits per heavy atom. The summed E-state index contributed by atoms with van der Waals surface area (Å²) in [6.45, 7) is 3.11. The fourth-order valence-electron chi connectivity index (χ4n) is 4.01. The monoisotopic (exact) mass is 252 g/mol. The molecule has 1 aliphatic heterocycles. The van der Waals surface area contributed by atoms with Crippen molar-refractivity contribution in [3.8, 4) is 0 Å². The zero-order chi connectivity index (χ0) is 12.5. The van der Waals surface area contributed by atoms with Crippen molar-refractivity contribution in [2.75, 3.05) is 33.3 Å². The van der Waals surface area contributed by atoms with Crippen LogP contribution in [0, 0.1) is 17.8 Å². The zero-order valence-corrected chi connectivity index (χ0v) is 11.2. The minimum Gasteiger partial charge on any atom is -0.366 e. The van der Waals surface area contributed by atoms with Gasteiger partial charge >= 0.3 is 0 Å². The lowest BCUT2D eigenvalue weighted by Gasteiger charge is -2.31. The molecule has 4 heteroatoms. The number of nitrogens with zero attached hydrogens (tertiary/aromatic N) is 1. The van der Waals surface area contributed by atoms with E-state index in [0.717, 1.165) is 30.8 Å². The molecule has 2 aliphatic carbocycles. The maximum Gasteiger partial charge on any atom is 0.252 e. The molecule has 0 spiro atoms. The van der Waals surface area contributed by atoms with Crippen LogP contribution in [0.1, 0.15) is 25.7 Å². The number of carbonyl (C=O) groups is 1. The Hall–Kier alpha value is -0.610. The molecule has 4 nitrogen and oxygen atoms in total. The van der Waals surface area contributed by atoms with E-state index in [2.05, 4.69) is 5.32 Å². The van der Waals surface area contributed by atoms with Crippen molar-refractivity contribution >= 4 is 5.91 Å². The van der Waals surface area contributed by atoms with Crippen molar-refractivity contribution in [2.45, 2.75) is 31.8 Å². The quantitative estimate of drug-likeness (QED) is 0.810. The SMILES string of the molecule is CN(CC1CC2CCC1C2)C(=O)C1CNCCO1. The summed E-state index contributed by atoms with van der Waals surface area (Å²) in [5.41, 5.74) is 0. The summed E-state index contributed by atoms with van der Waals surface area (Å²) >= 11 is 0. The predicted molar refractivity (Wildman–Crippen MR) is 69.2 cm³/mol. The summed E-state index contributed by atoms with van der Waals surface area (Å²) < 4.78 is 5.53. The minimum atomic E-state index is -0.262. The van der Waals surface area contributed by atoms with Gasteiger partial charge in [-0.1, -0.05) is 6.42 Å². The van der Waals surface area contributed by atoms with Crippen LogP contribution < -0.4 is 5.32 Å². The fourth-order valence-corrected chi connectivity index (χ4v) is 4.01. The molecule has 3 fully saturated rings. The lowest BCUT2D eigenvalue weighted by Crippen LogP contribution is -2.49. The fraction of sp³-hybridized carbons (Fsp3) is 0.929. The van der Waals surface area contributed by atoms with Gasteiger partial charge in [-0.2, -0.15) is 0 Å². The van der Waals surface area contributed by atoms with Gasteiger partial charge in [0.25, 0.3) is 5.91 Å². The highest BCUT2D eigenvalue weighted by atomic mass is 16.5. The van der Waals surface area contributed by atoms with Gasteiger partial charge in [0.1, 0.15) is 6.10 Å². The van der Waals surface area contributed by atoms with Crippen molar-refractivity contribution in [1.29, 1.82) is 0 Å². The highest BCUT2D eigenvalue weighted by molar-refractivity contribution is 5.81. The van der Waals surface area contributed by atoms with Gasteiger partial charge in [0.2, 0.25) is 0 Å². The second-order valence-electron chi connectivity index (χ2n) is 6.22. The van der Waals surface area contributed by atoms with E-state index in [1.807, 2.05) is 11.9 Å².